The summed E-state index contributed by atoms with van der Waals surface area (Å²) in [4.78, 5) is 8.38. The summed E-state index contributed by atoms with van der Waals surface area (Å²) < 4.78 is 16.1. The SMILES string of the molecule is COc1cc(OC)nc(Oc2ccccc2/C=N/Nc2cccc(C)c2C)n1. The first-order valence-corrected chi connectivity index (χ1v) is 8.70. The minimum absolute atomic E-state index is 0.125. The summed E-state index contributed by atoms with van der Waals surface area (Å²) >= 11 is 0. The summed E-state index contributed by atoms with van der Waals surface area (Å²) in [7, 11) is 3.04. The lowest BCUT2D eigenvalue weighted by Crippen LogP contribution is -2.00. The van der Waals surface area contributed by atoms with Gasteiger partial charge in [0, 0.05) is 5.56 Å². The van der Waals surface area contributed by atoms with E-state index < -0.39 is 0 Å². The standard InChI is InChI=1S/C21H22N4O3/c1-14-8-7-10-17(15(14)2)25-22-13-16-9-5-6-11-18(16)28-21-23-19(26-3)12-20(24-21)27-4/h5-13,25H,1-4H3/b22-13+. The lowest BCUT2D eigenvalue weighted by atomic mass is 10.1. The molecule has 0 saturated carbocycles. The Hall–Kier alpha value is -3.61. The monoisotopic (exact) mass is 378 g/mol. The lowest BCUT2D eigenvalue weighted by Gasteiger charge is -2.10. The summed E-state index contributed by atoms with van der Waals surface area (Å²) in [5, 5.41) is 4.34. The van der Waals surface area contributed by atoms with E-state index in [0.29, 0.717) is 17.5 Å². The first kappa shape index (κ1) is 19.2. The second kappa shape index (κ2) is 8.85. The fourth-order valence-electron chi connectivity index (χ4n) is 2.46. The topological polar surface area (TPSA) is 77.9 Å². The average molecular weight is 378 g/mol. The number of aryl methyl sites for hydroxylation is 1. The van der Waals surface area contributed by atoms with Crippen LogP contribution >= 0.6 is 0 Å². The Morgan fingerprint density at radius 2 is 1.64 bits per heavy atom. The van der Waals surface area contributed by atoms with Crippen LogP contribution in [0.25, 0.3) is 0 Å². The van der Waals surface area contributed by atoms with Crippen LogP contribution in [0.1, 0.15) is 16.7 Å². The predicted molar refractivity (Wildman–Crippen MR) is 109 cm³/mol. The summed E-state index contributed by atoms with van der Waals surface area (Å²) in [5.41, 5.74) is 7.15. The van der Waals surface area contributed by atoms with Gasteiger partial charge in [-0.15, -0.1) is 0 Å². The lowest BCUT2D eigenvalue weighted by molar-refractivity contribution is 0.348. The Balaban J connectivity index is 1.81. The summed E-state index contributed by atoms with van der Waals surface area (Å²) in [6.45, 7) is 4.12. The third kappa shape index (κ3) is 4.56. The molecule has 7 nitrogen and oxygen atoms in total. The molecule has 0 bridgehead atoms. The van der Waals surface area contributed by atoms with E-state index in [4.69, 9.17) is 14.2 Å². The molecule has 144 valence electrons. The van der Waals surface area contributed by atoms with Crippen molar-refractivity contribution in [1.29, 1.82) is 0 Å². The van der Waals surface area contributed by atoms with E-state index in [9.17, 15) is 0 Å². The molecule has 0 spiro atoms. The maximum Gasteiger partial charge on any atom is 0.328 e. The number of anilines is 1. The molecule has 3 aromatic rings. The smallest absolute Gasteiger partial charge is 0.328 e. The molecule has 0 unspecified atom stereocenters. The number of para-hydroxylation sites is 1. The number of hydrogen-bond acceptors (Lipinski definition) is 7. The fourth-order valence-corrected chi connectivity index (χ4v) is 2.46. The van der Waals surface area contributed by atoms with Crippen LogP contribution in [0.15, 0.2) is 53.6 Å². The summed E-state index contributed by atoms with van der Waals surface area (Å²) in [5.74, 6) is 1.26. The van der Waals surface area contributed by atoms with Gasteiger partial charge in [0.05, 0.1) is 32.2 Å². The van der Waals surface area contributed by atoms with Crippen LogP contribution in [0.5, 0.6) is 23.5 Å². The van der Waals surface area contributed by atoms with Crippen LogP contribution in [-0.4, -0.2) is 30.4 Å². The zero-order valence-electron chi connectivity index (χ0n) is 16.3. The van der Waals surface area contributed by atoms with Crippen LogP contribution in [0.2, 0.25) is 0 Å². The predicted octanol–water partition coefficient (Wildman–Crippen LogP) is 4.35. The number of nitrogens with zero attached hydrogens (tertiary/aromatic N) is 3. The maximum atomic E-state index is 5.84. The largest absolute Gasteiger partial charge is 0.481 e. The molecular formula is C21H22N4O3. The highest BCUT2D eigenvalue weighted by Crippen LogP contribution is 2.26. The van der Waals surface area contributed by atoms with Crippen LogP contribution in [0, 0.1) is 13.8 Å². The van der Waals surface area contributed by atoms with Crippen LogP contribution in [-0.2, 0) is 0 Å². The van der Waals surface area contributed by atoms with E-state index in [-0.39, 0.29) is 6.01 Å². The number of aromatic nitrogens is 2. The second-order valence-electron chi connectivity index (χ2n) is 5.99. The Labute approximate surface area is 164 Å². The van der Waals surface area contributed by atoms with Crippen molar-refractivity contribution in [2.75, 3.05) is 19.6 Å². The van der Waals surface area contributed by atoms with E-state index in [1.54, 1.807) is 12.3 Å². The quantitative estimate of drug-likeness (QED) is 0.486. The van der Waals surface area contributed by atoms with Gasteiger partial charge >= 0.3 is 6.01 Å². The molecule has 1 N–H and O–H groups in total. The summed E-state index contributed by atoms with van der Waals surface area (Å²) in [6, 6.07) is 15.2. The average Bonchev–Trinajstić information content (AvgIpc) is 2.72. The van der Waals surface area contributed by atoms with Crippen molar-refractivity contribution in [2.24, 2.45) is 5.10 Å². The molecule has 28 heavy (non-hydrogen) atoms. The van der Waals surface area contributed by atoms with E-state index in [1.807, 2.05) is 36.4 Å². The molecule has 1 aromatic heterocycles. The van der Waals surface area contributed by atoms with Gasteiger partial charge in [-0.25, -0.2) is 0 Å². The Kier molecular flexibility index (Phi) is 6.06. The minimum Gasteiger partial charge on any atom is -0.481 e. The van der Waals surface area contributed by atoms with Gasteiger partial charge < -0.3 is 14.2 Å². The molecular weight excluding hydrogens is 356 g/mol. The van der Waals surface area contributed by atoms with Gasteiger partial charge in [0.2, 0.25) is 11.8 Å². The van der Waals surface area contributed by atoms with Crippen molar-refractivity contribution >= 4 is 11.9 Å². The van der Waals surface area contributed by atoms with Crippen molar-refractivity contribution in [1.82, 2.24) is 9.97 Å². The molecule has 7 heteroatoms. The van der Waals surface area contributed by atoms with Gasteiger partial charge in [-0.2, -0.15) is 15.1 Å². The molecule has 0 aliphatic carbocycles. The van der Waals surface area contributed by atoms with Crippen molar-refractivity contribution in [3.05, 3.63) is 65.2 Å². The molecule has 3 rings (SSSR count). The number of hydrazone groups is 1. The number of benzene rings is 2. The van der Waals surface area contributed by atoms with Crippen LogP contribution in [0.3, 0.4) is 0 Å². The molecule has 0 amide bonds. The van der Waals surface area contributed by atoms with Crippen molar-refractivity contribution in [3.63, 3.8) is 0 Å². The first-order chi connectivity index (χ1) is 13.6. The highest BCUT2D eigenvalue weighted by atomic mass is 16.5. The molecule has 0 fully saturated rings. The van der Waals surface area contributed by atoms with E-state index in [1.165, 1.54) is 19.8 Å². The number of rotatable bonds is 7. The maximum absolute atomic E-state index is 5.84. The summed E-state index contributed by atoms with van der Waals surface area (Å²) in [6.07, 6.45) is 1.69. The van der Waals surface area contributed by atoms with Gasteiger partial charge in [-0.3, -0.25) is 5.43 Å². The van der Waals surface area contributed by atoms with Gasteiger partial charge in [0.15, 0.2) is 0 Å². The minimum atomic E-state index is 0.125. The van der Waals surface area contributed by atoms with Gasteiger partial charge in [-0.1, -0.05) is 24.3 Å². The van der Waals surface area contributed by atoms with Gasteiger partial charge in [-0.05, 0) is 43.2 Å². The fraction of sp³-hybridized carbons (Fsp3) is 0.190. The van der Waals surface area contributed by atoms with Crippen molar-refractivity contribution in [2.45, 2.75) is 13.8 Å². The highest BCUT2D eigenvalue weighted by molar-refractivity contribution is 5.84. The molecule has 0 saturated heterocycles. The molecule has 0 aliphatic rings. The van der Waals surface area contributed by atoms with Gasteiger partial charge in [0.1, 0.15) is 5.75 Å². The van der Waals surface area contributed by atoms with Gasteiger partial charge in [0.25, 0.3) is 0 Å². The molecule has 0 radical (unpaired) electrons. The third-order valence-electron chi connectivity index (χ3n) is 4.19. The molecule has 2 aromatic carbocycles. The molecule has 0 atom stereocenters. The normalized spacial score (nSPS) is 10.7. The second-order valence-corrected chi connectivity index (χ2v) is 5.99. The first-order valence-electron chi connectivity index (χ1n) is 8.70. The Bertz CT molecular complexity index is 967. The molecule has 1 heterocycles. The van der Waals surface area contributed by atoms with E-state index in [0.717, 1.165) is 16.8 Å². The Morgan fingerprint density at radius 3 is 2.36 bits per heavy atom. The van der Waals surface area contributed by atoms with E-state index in [2.05, 4.69) is 40.4 Å². The van der Waals surface area contributed by atoms with Crippen molar-refractivity contribution in [3.8, 4) is 23.5 Å². The van der Waals surface area contributed by atoms with Crippen molar-refractivity contribution < 1.29 is 14.2 Å². The number of ether oxygens (including phenoxy) is 3. The molecule has 0 aliphatic heterocycles. The number of nitrogens with one attached hydrogen (secondary N) is 1. The Morgan fingerprint density at radius 1 is 0.929 bits per heavy atom. The number of methoxy groups -OCH3 is 2. The zero-order chi connectivity index (χ0) is 19.9. The van der Waals surface area contributed by atoms with Crippen LogP contribution < -0.4 is 19.6 Å². The zero-order valence-corrected chi connectivity index (χ0v) is 16.3. The van der Waals surface area contributed by atoms with E-state index >= 15 is 0 Å². The highest BCUT2D eigenvalue weighted by Gasteiger charge is 2.10. The van der Waals surface area contributed by atoms with Crippen LogP contribution in [0.4, 0.5) is 5.69 Å². The number of hydrogen-bond donors (Lipinski definition) is 1. The third-order valence-corrected chi connectivity index (χ3v) is 4.19.